The van der Waals surface area contributed by atoms with Gasteiger partial charge in [-0.1, -0.05) is 115 Å². The quantitative estimate of drug-likeness (QED) is 0.188. The fraction of sp³-hybridized carbons (Fsp3) is 0. The second kappa shape index (κ2) is 9.64. The molecule has 210 valence electrons. The number of benzene rings is 7. The molecule has 0 saturated carbocycles. The number of hydrogen-bond acceptors (Lipinski definition) is 2. The molecule has 0 radical (unpaired) electrons. The van der Waals surface area contributed by atoms with E-state index < -0.39 is 0 Å². The Hall–Kier alpha value is -5.22. The van der Waals surface area contributed by atoms with Gasteiger partial charge in [-0.05, 0) is 58.7 Å². The van der Waals surface area contributed by atoms with Crippen LogP contribution in [-0.2, 0) is 0 Å². The minimum atomic E-state index is 1.23. The van der Waals surface area contributed by atoms with Crippen molar-refractivity contribution < 1.29 is 0 Å². The Kier molecular flexibility index (Phi) is 5.39. The first-order valence-electron chi connectivity index (χ1n) is 15.3. The number of nitrogens with zero attached hydrogens (tertiary/aromatic N) is 1. The lowest BCUT2D eigenvalue weighted by Crippen LogP contribution is -1.94. The van der Waals surface area contributed by atoms with Gasteiger partial charge in [0.05, 0.1) is 21.4 Å². The maximum absolute atomic E-state index is 2.50. The minimum Gasteiger partial charge on any atom is -0.308 e. The molecule has 0 fully saturated rings. The van der Waals surface area contributed by atoms with Gasteiger partial charge in [-0.2, -0.15) is 0 Å². The van der Waals surface area contributed by atoms with Crippen molar-refractivity contribution >= 4 is 84.8 Å². The molecule has 3 heteroatoms. The molecule has 0 aliphatic carbocycles. The molecule has 3 aromatic heterocycles. The van der Waals surface area contributed by atoms with E-state index in [1.54, 1.807) is 0 Å². The summed E-state index contributed by atoms with van der Waals surface area (Å²) in [7, 11) is 0. The highest BCUT2D eigenvalue weighted by molar-refractivity contribution is 7.26. The smallest absolute Gasteiger partial charge is 0.0640 e. The molecule has 3 heterocycles. The summed E-state index contributed by atoms with van der Waals surface area (Å²) in [6, 6.07) is 55.8. The summed E-state index contributed by atoms with van der Waals surface area (Å²) >= 11 is 3.78. The van der Waals surface area contributed by atoms with Crippen LogP contribution in [0, 0.1) is 0 Å². The standard InChI is InChI=1S/C42H25NS2/c1-2-10-26(11-3-1)27-20-22-30-35-24-28(29-14-8-15-33-31-12-4-6-18-39(31)44-41(29)33)21-23-36(35)43(38(30)25-27)37-17-9-16-34-32-13-5-7-19-40(32)45-42(34)37/h1-25H. The van der Waals surface area contributed by atoms with Crippen LogP contribution in [0.3, 0.4) is 0 Å². The van der Waals surface area contributed by atoms with Crippen molar-refractivity contribution in [1.82, 2.24) is 4.57 Å². The molecule has 0 spiro atoms. The molecule has 1 nitrogen and oxygen atoms in total. The minimum absolute atomic E-state index is 1.23. The molecule has 0 atom stereocenters. The molecule has 0 aliphatic rings. The van der Waals surface area contributed by atoms with Gasteiger partial charge in [0.1, 0.15) is 0 Å². The molecule has 10 aromatic rings. The second-order valence-electron chi connectivity index (χ2n) is 11.7. The van der Waals surface area contributed by atoms with Crippen molar-refractivity contribution in [2.45, 2.75) is 0 Å². The highest BCUT2D eigenvalue weighted by Gasteiger charge is 2.19. The number of thiophene rings is 2. The third kappa shape index (κ3) is 3.72. The lowest BCUT2D eigenvalue weighted by Gasteiger charge is -2.11. The molecule has 7 aromatic carbocycles. The van der Waals surface area contributed by atoms with Gasteiger partial charge in [-0.25, -0.2) is 0 Å². The highest BCUT2D eigenvalue weighted by atomic mass is 32.1. The van der Waals surface area contributed by atoms with Gasteiger partial charge in [0, 0.05) is 46.4 Å². The van der Waals surface area contributed by atoms with Crippen molar-refractivity contribution in [3.63, 3.8) is 0 Å². The summed E-state index contributed by atoms with van der Waals surface area (Å²) in [5.74, 6) is 0. The first kappa shape index (κ1) is 25.1. The number of aromatic nitrogens is 1. The number of rotatable bonds is 3. The van der Waals surface area contributed by atoms with E-state index in [2.05, 4.69) is 156 Å². The molecule has 0 bridgehead atoms. The third-order valence-electron chi connectivity index (χ3n) is 9.21. The van der Waals surface area contributed by atoms with Gasteiger partial charge < -0.3 is 4.57 Å². The Bertz CT molecular complexity index is 2760. The van der Waals surface area contributed by atoms with Crippen molar-refractivity contribution in [1.29, 1.82) is 0 Å². The molecule has 10 rings (SSSR count). The zero-order chi connectivity index (χ0) is 29.5. The Labute approximate surface area is 267 Å². The Balaban J connectivity index is 1.28. The molecule has 0 N–H and O–H groups in total. The molecule has 0 saturated heterocycles. The van der Waals surface area contributed by atoms with Crippen molar-refractivity contribution in [2.75, 3.05) is 0 Å². The third-order valence-corrected chi connectivity index (χ3v) is 11.6. The summed E-state index contributed by atoms with van der Waals surface area (Å²) in [5, 5.41) is 7.85. The van der Waals surface area contributed by atoms with Crippen LogP contribution >= 0.6 is 22.7 Å². The average molecular weight is 608 g/mol. The van der Waals surface area contributed by atoms with Crippen LogP contribution in [0.4, 0.5) is 0 Å². The van der Waals surface area contributed by atoms with Gasteiger partial charge in [-0.15, -0.1) is 22.7 Å². The highest BCUT2D eigenvalue weighted by Crippen LogP contribution is 2.44. The summed E-state index contributed by atoms with van der Waals surface area (Å²) in [5.41, 5.74) is 8.70. The van der Waals surface area contributed by atoms with Crippen molar-refractivity contribution in [3.05, 3.63) is 152 Å². The van der Waals surface area contributed by atoms with Crippen LogP contribution in [-0.4, -0.2) is 4.57 Å². The first-order chi connectivity index (χ1) is 22.3. The predicted molar refractivity (Wildman–Crippen MR) is 197 cm³/mol. The second-order valence-corrected chi connectivity index (χ2v) is 13.8. The van der Waals surface area contributed by atoms with Gasteiger partial charge in [0.15, 0.2) is 0 Å². The SMILES string of the molecule is c1ccc(-c2ccc3c4cc(-c5cccc6c5sc5ccccc56)ccc4n(-c4cccc5c4sc4ccccc45)c3c2)cc1. The van der Waals surface area contributed by atoms with Crippen LogP contribution in [0.2, 0.25) is 0 Å². The zero-order valence-electron chi connectivity index (χ0n) is 24.2. The van der Waals surface area contributed by atoms with Crippen LogP contribution in [0.15, 0.2) is 152 Å². The normalized spacial score (nSPS) is 12.0. The maximum atomic E-state index is 2.50. The van der Waals surface area contributed by atoms with E-state index in [0.717, 1.165) is 0 Å². The maximum Gasteiger partial charge on any atom is 0.0640 e. The summed E-state index contributed by atoms with van der Waals surface area (Å²) in [4.78, 5) is 0. The van der Waals surface area contributed by atoms with Gasteiger partial charge in [0.25, 0.3) is 0 Å². The van der Waals surface area contributed by atoms with Crippen molar-refractivity contribution in [3.8, 4) is 27.9 Å². The summed E-state index contributed by atoms with van der Waals surface area (Å²) in [6.07, 6.45) is 0. The molecular formula is C42H25NS2. The molecule has 45 heavy (non-hydrogen) atoms. The Morgan fingerprint density at radius 1 is 0.356 bits per heavy atom. The zero-order valence-corrected chi connectivity index (χ0v) is 25.8. The Morgan fingerprint density at radius 2 is 1.00 bits per heavy atom. The fourth-order valence-corrected chi connectivity index (χ4v) is 9.59. The van der Waals surface area contributed by atoms with Crippen molar-refractivity contribution in [2.24, 2.45) is 0 Å². The molecule has 0 aliphatic heterocycles. The lowest BCUT2D eigenvalue weighted by atomic mass is 10.00. The van der Waals surface area contributed by atoms with Gasteiger partial charge in [-0.3, -0.25) is 0 Å². The van der Waals surface area contributed by atoms with E-state index in [4.69, 9.17) is 0 Å². The number of hydrogen-bond donors (Lipinski definition) is 0. The van der Waals surface area contributed by atoms with E-state index in [0.29, 0.717) is 0 Å². The average Bonchev–Trinajstić information content (AvgIpc) is 3.77. The van der Waals surface area contributed by atoms with E-state index in [1.807, 2.05) is 22.7 Å². The number of fused-ring (bicyclic) bond motifs is 9. The topological polar surface area (TPSA) is 4.93 Å². The first-order valence-corrected chi connectivity index (χ1v) is 16.9. The van der Waals surface area contributed by atoms with Crippen LogP contribution < -0.4 is 0 Å². The van der Waals surface area contributed by atoms with E-state index in [-0.39, 0.29) is 0 Å². The van der Waals surface area contributed by atoms with Crippen LogP contribution in [0.5, 0.6) is 0 Å². The monoisotopic (exact) mass is 607 g/mol. The van der Waals surface area contributed by atoms with Crippen LogP contribution in [0.25, 0.3) is 90.1 Å². The van der Waals surface area contributed by atoms with E-state index >= 15 is 0 Å². The lowest BCUT2D eigenvalue weighted by molar-refractivity contribution is 1.20. The van der Waals surface area contributed by atoms with Gasteiger partial charge in [0.2, 0.25) is 0 Å². The van der Waals surface area contributed by atoms with E-state index in [1.165, 1.54) is 90.1 Å². The molecular weight excluding hydrogens is 583 g/mol. The fourth-order valence-electron chi connectivity index (χ4n) is 7.14. The largest absolute Gasteiger partial charge is 0.308 e. The summed E-state index contributed by atoms with van der Waals surface area (Å²) < 4.78 is 7.83. The molecule has 0 unspecified atom stereocenters. The van der Waals surface area contributed by atoms with Crippen LogP contribution in [0.1, 0.15) is 0 Å². The Morgan fingerprint density at radius 3 is 1.80 bits per heavy atom. The summed E-state index contributed by atoms with van der Waals surface area (Å²) in [6.45, 7) is 0. The predicted octanol–water partition coefficient (Wildman–Crippen LogP) is 12.9. The molecule has 0 amide bonds. The van der Waals surface area contributed by atoms with Gasteiger partial charge >= 0.3 is 0 Å². The van der Waals surface area contributed by atoms with E-state index in [9.17, 15) is 0 Å².